The maximum absolute atomic E-state index is 11.9. The fourth-order valence-electron chi connectivity index (χ4n) is 2.25. The number of carbonyl (C=O) groups excluding carboxylic acids is 1. The highest BCUT2D eigenvalue weighted by atomic mass is 16.2. The minimum Gasteiger partial charge on any atom is -0.339 e. The molecule has 0 bridgehead atoms. The van der Waals surface area contributed by atoms with Crippen molar-refractivity contribution < 1.29 is 4.79 Å². The van der Waals surface area contributed by atoms with Gasteiger partial charge in [0.2, 0.25) is 5.91 Å². The van der Waals surface area contributed by atoms with Gasteiger partial charge in [-0.2, -0.15) is 0 Å². The first-order chi connectivity index (χ1) is 9.29. The fourth-order valence-corrected chi connectivity index (χ4v) is 2.25. The van der Waals surface area contributed by atoms with Crippen molar-refractivity contribution in [1.82, 2.24) is 20.1 Å². The zero-order chi connectivity index (χ0) is 13.5. The van der Waals surface area contributed by atoms with Crippen LogP contribution in [0, 0.1) is 0 Å². The molecule has 104 valence electrons. The van der Waals surface area contributed by atoms with Crippen molar-refractivity contribution in [2.24, 2.45) is 0 Å². The molecule has 1 aliphatic rings. The third-order valence-corrected chi connectivity index (χ3v) is 3.41. The van der Waals surface area contributed by atoms with Gasteiger partial charge in [-0.05, 0) is 24.2 Å². The third-order valence-electron chi connectivity index (χ3n) is 3.41. The smallest absolute Gasteiger partial charge is 0.236 e. The number of likely N-dealkylation sites (N-methyl/N-ethyl adjacent to an activating group) is 1. The largest absolute Gasteiger partial charge is 0.339 e. The Kier molecular flexibility index (Phi) is 5.30. The second-order valence-corrected chi connectivity index (χ2v) is 4.79. The van der Waals surface area contributed by atoms with Gasteiger partial charge in [-0.15, -0.1) is 0 Å². The van der Waals surface area contributed by atoms with Gasteiger partial charge in [0.15, 0.2) is 0 Å². The lowest BCUT2D eigenvalue weighted by atomic mass is 10.2. The Morgan fingerprint density at radius 2 is 1.95 bits per heavy atom. The summed E-state index contributed by atoms with van der Waals surface area (Å²) in [5, 5.41) is 3.08. The topological polar surface area (TPSA) is 48.5 Å². The minimum atomic E-state index is 0.213. The second kappa shape index (κ2) is 7.21. The Balaban J connectivity index is 1.75. The number of rotatable bonds is 5. The van der Waals surface area contributed by atoms with E-state index in [9.17, 15) is 4.79 Å². The number of piperazine rings is 1. The maximum Gasteiger partial charge on any atom is 0.236 e. The van der Waals surface area contributed by atoms with Crippen molar-refractivity contribution in [1.29, 1.82) is 0 Å². The van der Waals surface area contributed by atoms with Crippen molar-refractivity contribution in [2.45, 2.75) is 13.5 Å². The monoisotopic (exact) mass is 262 g/mol. The third kappa shape index (κ3) is 4.29. The molecule has 1 amide bonds. The van der Waals surface area contributed by atoms with Crippen LogP contribution in [0.25, 0.3) is 0 Å². The number of nitrogens with one attached hydrogen (secondary N) is 1. The lowest BCUT2D eigenvalue weighted by Crippen LogP contribution is -2.50. The Hall–Kier alpha value is -1.46. The van der Waals surface area contributed by atoms with Crippen molar-refractivity contribution in [3.8, 4) is 0 Å². The van der Waals surface area contributed by atoms with Crippen LogP contribution in [0.3, 0.4) is 0 Å². The van der Waals surface area contributed by atoms with Crippen LogP contribution in [-0.2, 0) is 11.3 Å². The van der Waals surface area contributed by atoms with Crippen molar-refractivity contribution in [2.75, 3.05) is 39.3 Å². The summed E-state index contributed by atoms with van der Waals surface area (Å²) in [6.07, 6.45) is 3.65. The number of pyridine rings is 1. The summed E-state index contributed by atoms with van der Waals surface area (Å²) >= 11 is 0. The number of amides is 1. The summed E-state index contributed by atoms with van der Waals surface area (Å²) in [6.45, 7) is 7.80. The van der Waals surface area contributed by atoms with E-state index in [0.717, 1.165) is 39.3 Å². The van der Waals surface area contributed by atoms with Crippen molar-refractivity contribution >= 4 is 5.91 Å². The van der Waals surface area contributed by atoms with Gasteiger partial charge in [0.05, 0.1) is 6.54 Å². The summed E-state index contributed by atoms with van der Waals surface area (Å²) in [7, 11) is 0. The van der Waals surface area contributed by atoms with Gasteiger partial charge in [0.25, 0.3) is 0 Å². The van der Waals surface area contributed by atoms with Crippen LogP contribution < -0.4 is 5.32 Å². The average Bonchev–Trinajstić information content (AvgIpc) is 2.46. The number of carbonyl (C=O) groups is 1. The molecule has 5 heteroatoms. The molecule has 1 aliphatic heterocycles. The number of nitrogens with zero attached hydrogens (tertiary/aromatic N) is 3. The number of hydrogen-bond acceptors (Lipinski definition) is 4. The lowest BCUT2D eigenvalue weighted by molar-refractivity contribution is -0.132. The van der Waals surface area contributed by atoms with Crippen LogP contribution in [-0.4, -0.2) is 60.0 Å². The molecule has 0 aliphatic carbocycles. The Morgan fingerprint density at radius 3 is 2.58 bits per heavy atom. The molecule has 2 heterocycles. The molecule has 1 saturated heterocycles. The highest BCUT2D eigenvalue weighted by Crippen LogP contribution is 2.07. The van der Waals surface area contributed by atoms with Crippen LogP contribution >= 0.6 is 0 Å². The van der Waals surface area contributed by atoms with E-state index in [2.05, 4.69) is 15.2 Å². The van der Waals surface area contributed by atoms with Crippen LogP contribution in [0.5, 0.6) is 0 Å². The highest BCUT2D eigenvalue weighted by Gasteiger charge is 2.20. The summed E-state index contributed by atoms with van der Waals surface area (Å²) in [5.74, 6) is 0.213. The van der Waals surface area contributed by atoms with E-state index in [1.165, 1.54) is 5.56 Å². The highest BCUT2D eigenvalue weighted by molar-refractivity contribution is 5.78. The summed E-state index contributed by atoms with van der Waals surface area (Å²) in [5.41, 5.74) is 1.28. The number of aromatic nitrogens is 1. The van der Waals surface area contributed by atoms with Crippen LogP contribution in [0.1, 0.15) is 12.5 Å². The molecule has 0 atom stereocenters. The predicted octanol–water partition coefficient (Wildman–Crippen LogP) is 0.335. The first-order valence-corrected chi connectivity index (χ1v) is 6.89. The van der Waals surface area contributed by atoms with Gasteiger partial charge < -0.3 is 10.2 Å². The normalized spacial score (nSPS) is 16.6. The maximum atomic E-state index is 11.9. The molecule has 1 N–H and O–H groups in total. The molecule has 5 nitrogen and oxygen atoms in total. The average molecular weight is 262 g/mol. The van der Waals surface area contributed by atoms with E-state index in [1.54, 1.807) is 0 Å². The lowest BCUT2D eigenvalue weighted by Gasteiger charge is -2.34. The van der Waals surface area contributed by atoms with E-state index in [4.69, 9.17) is 0 Å². The molecule has 0 aromatic carbocycles. The van der Waals surface area contributed by atoms with Gasteiger partial charge in [-0.25, -0.2) is 0 Å². The first kappa shape index (κ1) is 14.0. The molecule has 1 aromatic rings. The van der Waals surface area contributed by atoms with E-state index >= 15 is 0 Å². The SMILES string of the molecule is CCNCC(=O)N1CCN(Cc2ccncc2)CC1. The molecule has 2 rings (SSSR count). The quantitative estimate of drug-likeness (QED) is 0.831. The zero-order valence-electron chi connectivity index (χ0n) is 11.5. The van der Waals surface area contributed by atoms with Gasteiger partial charge in [0, 0.05) is 45.1 Å². The molecule has 0 radical (unpaired) electrons. The first-order valence-electron chi connectivity index (χ1n) is 6.89. The van der Waals surface area contributed by atoms with Crippen molar-refractivity contribution in [3.63, 3.8) is 0 Å². The predicted molar refractivity (Wildman–Crippen MR) is 74.6 cm³/mol. The Morgan fingerprint density at radius 1 is 1.26 bits per heavy atom. The Labute approximate surface area is 114 Å². The summed E-state index contributed by atoms with van der Waals surface area (Å²) < 4.78 is 0. The molecule has 0 unspecified atom stereocenters. The van der Waals surface area contributed by atoms with E-state index < -0.39 is 0 Å². The van der Waals surface area contributed by atoms with Crippen LogP contribution in [0.15, 0.2) is 24.5 Å². The molecule has 0 spiro atoms. The summed E-state index contributed by atoms with van der Waals surface area (Å²) in [4.78, 5) is 20.2. The zero-order valence-corrected chi connectivity index (χ0v) is 11.5. The molecule has 19 heavy (non-hydrogen) atoms. The molecule has 1 fully saturated rings. The minimum absolute atomic E-state index is 0.213. The molecular weight excluding hydrogens is 240 g/mol. The van der Waals surface area contributed by atoms with Crippen molar-refractivity contribution in [3.05, 3.63) is 30.1 Å². The second-order valence-electron chi connectivity index (χ2n) is 4.79. The molecule has 1 aromatic heterocycles. The molecular formula is C14H22N4O. The van der Waals surface area contributed by atoms with E-state index in [-0.39, 0.29) is 5.91 Å². The Bertz CT molecular complexity index is 388. The van der Waals surface area contributed by atoms with Gasteiger partial charge in [0.1, 0.15) is 0 Å². The van der Waals surface area contributed by atoms with Gasteiger partial charge in [-0.1, -0.05) is 6.92 Å². The summed E-state index contributed by atoms with van der Waals surface area (Å²) in [6, 6.07) is 4.09. The fraction of sp³-hybridized carbons (Fsp3) is 0.571. The van der Waals surface area contributed by atoms with Gasteiger partial charge in [-0.3, -0.25) is 14.7 Å². The van der Waals surface area contributed by atoms with E-state index in [1.807, 2.05) is 36.4 Å². The standard InChI is InChI=1S/C14H22N4O/c1-2-15-11-14(19)18-9-7-17(8-10-18)12-13-3-5-16-6-4-13/h3-6,15H,2,7-12H2,1H3. The van der Waals surface area contributed by atoms with E-state index in [0.29, 0.717) is 6.54 Å². The number of hydrogen-bond donors (Lipinski definition) is 1. The van der Waals surface area contributed by atoms with Crippen LogP contribution in [0.4, 0.5) is 0 Å². The van der Waals surface area contributed by atoms with Crippen LogP contribution in [0.2, 0.25) is 0 Å². The molecule has 0 saturated carbocycles. The van der Waals surface area contributed by atoms with Gasteiger partial charge >= 0.3 is 0 Å².